The van der Waals surface area contributed by atoms with E-state index >= 15 is 0 Å². The number of H-pyrrole nitrogens is 1. The van der Waals surface area contributed by atoms with Crippen LogP contribution >= 0.6 is 34.5 Å². The van der Waals surface area contributed by atoms with Crippen LogP contribution in [0.4, 0.5) is 10.8 Å². The first-order valence-electron chi connectivity index (χ1n) is 9.16. The average molecular weight is 468 g/mol. The summed E-state index contributed by atoms with van der Waals surface area (Å²) >= 11 is 13.5. The number of halogens is 2. The van der Waals surface area contributed by atoms with Gasteiger partial charge in [0, 0.05) is 24.8 Å². The Morgan fingerprint density at radius 2 is 2.13 bits per heavy atom. The summed E-state index contributed by atoms with van der Waals surface area (Å²) in [6.45, 7) is 3.15. The van der Waals surface area contributed by atoms with E-state index in [1.54, 1.807) is 19.1 Å². The number of thiazole rings is 1. The Morgan fingerprint density at radius 1 is 1.37 bits per heavy atom. The van der Waals surface area contributed by atoms with Crippen molar-refractivity contribution >= 4 is 67.5 Å². The van der Waals surface area contributed by atoms with E-state index in [4.69, 9.17) is 33.7 Å². The van der Waals surface area contributed by atoms with Gasteiger partial charge in [-0.05, 0) is 25.5 Å². The van der Waals surface area contributed by atoms with Crippen molar-refractivity contribution in [2.75, 3.05) is 30.4 Å². The molecule has 0 spiro atoms. The predicted octanol–water partition coefficient (Wildman–Crippen LogP) is 3.82. The van der Waals surface area contributed by atoms with E-state index < -0.39 is 11.9 Å². The number of anilines is 2. The number of nitrogens with zero attached hydrogens (tertiary/aromatic N) is 2. The predicted molar refractivity (Wildman–Crippen MR) is 119 cm³/mol. The van der Waals surface area contributed by atoms with E-state index in [0.29, 0.717) is 33.5 Å². The molecular weight excluding hydrogens is 449 g/mol. The van der Waals surface area contributed by atoms with Gasteiger partial charge in [0.1, 0.15) is 11.2 Å². The summed E-state index contributed by atoms with van der Waals surface area (Å²) in [6.07, 6.45) is 0.850. The fourth-order valence-corrected chi connectivity index (χ4v) is 4.77. The number of nitrogens with two attached hydrogens (primary N) is 1. The van der Waals surface area contributed by atoms with E-state index in [2.05, 4.69) is 20.2 Å². The van der Waals surface area contributed by atoms with Crippen molar-refractivity contribution in [3.63, 3.8) is 0 Å². The Morgan fingerprint density at radius 3 is 2.73 bits per heavy atom. The highest BCUT2D eigenvalue weighted by Gasteiger charge is 2.25. The number of hydrogen-bond donors (Lipinski definition) is 3. The summed E-state index contributed by atoms with van der Waals surface area (Å²) in [7, 11) is 1.34. The van der Waals surface area contributed by atoms with Gasteiger partial charge in [0.25, 0.3) is 5.91 Å². The summed E-state index contributed by atoms with van der Waals surface area (Å²) in [6, 6.07) is 3.52. The maximum absolute atomic E-state index is 12.7. The van der Waals surface area contributed by atoms with Crippen molar-refractivity contribution in [3.05, 3.63) is 39.1 Å². The van der Waals surface area contributed by atoms with Crippen LogP contribution in [0.2, 0.25) is 10.0 Å². The highest BCUT2D eigenvalue weighted by atomic mass is 35.5. The summed E-state index contributed by atoms with van der Waals surface area (Å²) in [5.41, 5.74) is 8.71. The molecule has 1 atom stereocenters. The number of fused-ring (bicyclic) bond motifs is 1. The summed E-state index contributed by atoms with van der Waals surface area (Å²) < 4.78 is 5.63. The second-order valence-corrected chi connectivity index (χ2v) is 8.84. The molecule has 1 unspecified atom stereocenters. The van der Waals surface area contributed by atoms with Crippen LogP contribution in [0.25, 0.3) is 10.2 Å². The highest BCUT2D eigenvalue weighted by Crippen LogP contribution is 2.36. The van der Waals surface area contributed by atoms with E-state index in [1.165, 1.54) is 18.4 Å². The molecule has 1 aliphatic heterocycles. The molecule has 0 aliphatic carbocycles. The number of carbonyl (C=O) groups is 2. The van der Waals surface area contributed by atoms with Gasteiger partial charge in [-0.3, -0.25) is 10.1 Å². The van der Waals surface area contributed by atoms with Crippen molar-refractivity contribution in [2.45, 2.75) is 19.4 Å². The smallest absolute Gasteiger partial charge is 0.337 e. The third kappa shape index (κ3) is 3.74. The Kier molecular flexibility index (Phi) is 5.63. The number of methoxy groups -OCH3 is 1. The van der Waals surface area contributed by atoms with Crippen LogP contribution in [0.15, 0.2) is 12.1 Å². The number of aromatic nitrogens is 2. The van der Waals surface area contributed by atoms with Gasteiger partial charge >= 0.3 is 5.97 Å². The molecule has 4 rings (SSSR count). The third-order valence-corrected chi connectivity index (χ3v) is 6.83. The second kappa shape index (κ2) is 8.07. The van der Waals surface area contributed by atoms with E-state index in [0.717, 1.165) is 23.4 Å². The Hall–Kier alpha value is -2.33. The Balaban J connectivity index is 1.72. The molecule has 8 nitrogen and oxygen atoms in total. The number of benzene rings is 1. The van der Waals surface area contributed by atoms with Crippen molar-refractivity contribution in [1.82, 2.24) is 9.97 Å². The fourth-order valence-electron chi connectivity index (χ4n) is 3.44. The molecule has 1 fully saturated rings. The standard InChI is InChI=1S/C19H19Cl2N5O3S/c1-8-13(20)14(21)16(23-8)17(27)25-19-24-15-11(26-4-3-10(22)7-26)5-9(18(28)29-2)6-12(15)30-19/h5-6,10,23H,3-4,7,22H2,1-2H3,(H,24,25,27). The molecule has 1 saturated heterocycles. The number of aryl methyl sites for hydroxylation is 1. The lowest BCUT2D eigenvalue weighted by Gasteiger charge is -2.19. The normalized spacial score (nSPS) is 16.3. The lowest BCUT2D eigenvalue weighted by Crippen LogP contribution is -2.26. The molecule has 4 N–H and O–H groups in total. The molecule has 2 aromatic heterocycles. The molecule has 158 valence electrons. The van der Waals surface area contributed by atoms with Crippen LogP contribution < -0.4 is 16.0 Å². The van der Waals surface area contributed by atoms with Crippen molar-refractivity contribution < 1.29 is 14.3 Å². The minimum absolute atomic E-state index is 0.0580. The fraction of sp³-hybridized carbons (Fsp3) is 0.316. The number of esters is 1. The van der Waals surface area contributed by atoms with Crippen molar-refractivity contribution in [3.8, 4) is 0 Å². The highest BCUT2D eigenvalue weighted by molar-refractivity contribution is 7.22. The molecule has 11 heteroatoms. The zero-order valence-electron chi connectivity index (χ0n) is 16.2. The zero-order chi connectivity index (χ0) is 21.6. The molecule has 30 heavy (non-hydrogen) atoms. The first kappa shape index (κ1) is 20.9. The van der Waals surface area contributed by atoms with Crippen LogP contribution in [0, 0.1) is 6.92 Å². The lowest BCUT2D eigenvalue weighted by molar-refractivity contribution is 0.0601. The van der Waals surface area contributed by atoms with Gasteiger partial charge in [0.2, 0.25) is 0 Å². The molecule has 0 radical (unpaired) electrons. The van der Waals surface area contributed by atoms with E-state index in [-0.39, 0.29) is 16.8 Å². The van der Waals surface area contributed by atoms with Gasteiger partial charge in [-0.2, -0.15) is 0 Å². The van der Waals surface area contributed by atoms with Gasteiger partial charge in [0.05, 0.1) is 33.1 Å². The summed E-state index contributed by atoms with van der Waals surface area (Å²) in [5.74, 6) is -0.893. The summed E-state index contributed by atoms with van der Waals surface area (Å²) in [4.78, 5) is 34.4. The van der Waals surface area contributed by atoms with Crippen LogP contribution in [0.1, 0.15) is 33.0 Å². The number of ether oxygens (including phenoxy) is 1. The number of amides is 1. The second-order valence-electron chi connectivity index (χ2n) is 7.05. The minimum atomic E-state index is -0.452. The number of aromatic amines is 1. The van der Waals surface area contributed by atoms with Gasteiger partial charge in [-0.25, -0.2) is 9.78 Å². The maximum Gasteiger partial charge on any atom is 0.337 e. The largest absolute Gasteiger partial charge is 0.465 e. The molecule has 3 aromatic rings. The van der Waals surface area contributed by atoms with Crippen LogP contribution in [-0.2, 0) is 4.74 Å². The van der Waals surface area contributed by atoms with Crippen LogP contribution in [0.3, 0.4) is 0 Å². The summed E-state index contributed by atoms with van der Waals surface area (Å²) in [5, 5.41) is 3.60. The van der Waals surface area contributed by atoms with Crippen LogP contribution in [0.5, 0.6) is 0 Å². The topological polar surface area (TPSA) is 113 Å². The molecular formula is C19H19Cl2N5O3S. The van der Waals surface area contributed by atoms with E-state index in [9.17, 15) is 9.59 Å². The van der Waals surface area contributed by atoms with Gasteiger partial charge in [0.15, 0.2) is 5.13 Å². The Bertz CT molecular complexity index is 1160. The molecule has 1 aromatic carbocycles. The zero-order valence-corrected chi connectivity index (χ0v) is 18.5. The lowest BCUT2D eigenvalue weighted by atomic mass is 10.1. The monoisotopic (exact) mass is 467 g/mol. The maximum atomic E-state index is 12.7. The van der Waals surface area contributed by atoms with E-state index in [1.807, 2.05) is 0 Å². The van der Waals surface area contributed by atoms with Crippen molar-refractivity contribution in [2.24, 2.45) is 5.73 Å². The minimum Gasteiger partial charge on any atom is -0.465 e. The number of rotatable bonds is 4. The molecule has 3 heterocycles. The van der Waals surface area contributed by atoms with Gasteiger partial charge < -0.3 is 20.4 Å². The molecule has 0 saturated carbocycles. The van der Waals surface area contributed by atoms with Crippen molar-refractivity contribution in [1.29, 1.82) is 0 Å². The molecule has 1 aliphatic rings. The first-order chi connectivity index (χ1) is 14.3. The number of carbonyl (C=O) groups excluding carboxylic acids is 2. The average Bonchev–Trinajstić information content (AvgIpc) is 3.40. The van der Waals surface area contributed by atoms with Gasteiger partial charge in [-0.15, -0.1) is 0 Å². The quantitative estimate of drug-likeness (QED) is 0.502. The number of hydrogen-bond acceptors (Lipinski definition) is 7. The number of nitrogens with one attached hydrogen (secondary N) is 2. The molecule has 0 bridgehead atoms. The molecule has 1 amide bonds. The van der Waals surface area contributed by atoms with Crippen LogP contribution in [-0.4, -0.2) is 48.1 Å². The first-order valence-corrected chi connectivity index (χ1v) is 10.7. The van der Waals surface area contributed by atoms with Gasteiger partial charge in [-0.1, -0.05) is 34.5 Å². The third-order valence-electron chi connectivity index (χ3n) is 4.96. The SMILES string of the molecule is COC(=O)c1cc(N2CCC(N)C2)c2nc(NC(=O)c3[nH]c(C)c(Cl)c3Cl)sc2c1. The Labute approximate surface area is 186 Å².